The van der Waals surface area contributed by atoms with Gasteiger partial charge >= 0.3 is 0 Å². The van der Waals surface area contributed by atoms with E-state index in [4.69, 9.17) is 4.74 Å². The van der Waals surface area contributed by atoms with Gasteiger partial charge in [0.25, 0.3) is 0 Å². The Morgan fingerprint density at radius 2 is 2.04 bits per heavy atom. The van der Waals surface area contributed by atoms with Gasteiger partial charge in [0.15, 0.2) is 0 Å². The van der Waals surface area contributed by atoms with Crippen LogP contribution in [0.5, 0.6) is 5.75 Å². The number of methoxy groups -OCH3 is 1. The fourth-order valence-corrected chi connectivity index (χ4v) is 3.51. The molecule has 2 heterocycles. The number of thioether (sulfide) groups is 1. The Morgan fingerprint density at radius 3 is 2.81 bits per heavy atom. The van der Waals surface area contributed by atoms with Crippen LogP contribution in [0.25, 0.3) is 21.9 Å². The molecule has 2 aromatic heterocycles. The van der Waals surface area contributed by atoms with Crippen LogP contribution in [-0.2, 0) is 4.79 Å². The van der Waals surface area contributed by atoms with E-state index in [1.54, 1.807) is 37.4 Å². The molecule has 2 N–H and O–H groups in total. The molecule has 0 saturated carbocycles. The topological polar surface area (TPSA) is 79.9 Å². The molecule has 0 fully saturated rings. The van der Waals surface area contributed by atoms with Crippen molar-refractivity contribution in [2.24, 2.45) is 0 Å². The van der Waals surface area contributed by atoms with Gasteiger partial charge in [0, 0.05) is 16.6 Å². The molecule has 136 valence electrons. The van der Waals surface area contributed by atoms with E-state index in [1.807, 2.05) is 0 Å². The van der Waals surface area contributed by atoms with Gasteiger partial charge in [-0.25, -0.2) is 14.4 Å². The molecule has 0 bridgehead atoms. The summed E-state index contributed by atoms with van der Waals surface area (Å²) in [6.45, 7) is 0. The van der Waals surface area contributed by atoms with Crippen LogP contribution >= 0.6 is 11.8 Å². The molecule has 0 saturated heterocycles. The molecule has 0 spiro atoms. The van der Waals surface area contributed by atoms with E-state index in [0.29, 0.717) is 27.1 Å². The highest BCUT2D eigenvalue weighted by Crippen LogP contribution is 2.30. The first-order valence-electron chi connectivity index (χ1n) is 8.12. The number of nitrogens with one attached hydrogen (secondary N) is 2. The van der Waals surface area contributed by atoms with Crippen LogP contribution in [0.3, 0.4) is 0 Å². The number of aromatic nitrogens is 3. The zero-order valence-corrected chi connectivity index (χ0v) is 15.1. The number of benzene rings is 2. The Morgan fingerprint density at radius 1 is 1.22 bits per heavy atom. The summed E-state index contributed by atoms with van der Waals surface area (Å²) >= 11 is 1.29. The van der Waals surface area contributed by atoms with Crippen molar-refractivity contribution >= 4 is 45.3 Å². The van der Waals surface area contributed by atoms with Gasteiger partial charge in [0.2, 0.25) is 5.91 Å². The van der Waals surface area contributed by atoms with E-state index in [1.165, 1.54) is 30.2 Å². The fraction of sp³-hybridized carbons (Fsp3) is 0.105. The van der Waals surface area contributed by atoms with Gasteiger partial charge in [-0.3, -0.25) is 4.79 Å². The molecule has 27 heavy (non-hydrogen) atoms. The van der Waals surface area contributed by atoms with Gasteiger partial charge in [-0.15, -0.1) is 0 Å². The first kappa shape index (κ1) is 17.3. The fourth-order valence-electron chi connectivity index (χ4n) is 2.76. The Hall–Kier alpha value is -3.13. The number of amides is 1. The average Bonchev–Trinajstić information content (AvgIpc) is 3.05. The third kappa shape index (κ3) is 3.56. The molecule has 1 amide bonds. The predicted molar refractivity (Wildman–Crippen MR) is 104 cm³/mol. The van der Waals surface area contributed by atoms with E-state index in [9.17, 15) is 9.18 Å². The van der Waals surface area contributed by atoms with Gasteiger partial charge in [-0.1, -0.05) is 11.8 Å². The van der Waals surface area contributed by atoms with Crippen molar-refractivity contribution in [1.82, 2.24) is 15.0 Å². The highest BCUT2D eigenvalue weighted by atomic mass is 32.2. The minimum absolute atomic E-state index is 0.154. The quantitative estimate of drug-likeness (QED) is 0.403. The molecule has 4 aromatic rings. The number of fused-ring (bicyclic) bond motifs is 3. The highest BCUT2D eigenvalue weighted by Gasteiger charge is 2.13. The van der Waals surface area contributed by atoms with Gasteiger partial charge < -0.3 is 15.0 Å². The first-order valence-corrected chi connectivity index (χ1v) is 9.11. The lowest BCUT2D eigenvalue weighted by atomic mass is 10.2. The third-order valence-corrected chi connectivity index (χ3v) is 5.01. The van der Waals surface area contributed by atoms with E-state index in [0.717, 1.165) is 11.3 Å². The van der Waals surface area contributed by atoms with Gasteiger partial charge in [-0.05, 0) is 42.5 Å². The summed E-state index contributed by atoms with van der Waals surface area (Å²) in [5.74, 6) is 0.428. The average molecular weight is 382 g/mol. The van der Waals surface area contributed by atoms with Crippen LogP contribution in [-0.4, -0.2) is 33.7 Å². The molecule has 2 aromatic carbocycles. The van der Waals surface area contributed by atoms with Crippen molar-refractivity contribution in [2.75, 3.05) is 18.2 Å². The van der Waals surface area contributed by atoms with Crippen molar-refractivity contribution in [3.05, 3.63) is 54.6 Å². The zero-order chi connectivity index (χ0) is 18.8. The van der Waals surface area contributed by atoms with E-state index in [-0.39, 0.29) is 17.5 Å². The zero-order valence-electron chi connectivity index (χ0n) is 14.3. The largest absolute Gasteiger partial charge is 0.497 e. The van der Waals surface area contributed by atoms with Gasteiger partial charge in [0.05, 0.1) is 18.4 Å². The number of hydrogen-bond donors (Lipinski definition) is 2. The summed E-state index contributed by atoms with van der Waals surface area (Å²) in [7, 11) is 1.59. The van der Waals surface area contributed by atoms with Gasteiger partial charge in [-0.2, -0.15) is 0 Å². The Balaban J connectivity index is 1.51. The van der Waals surface area contributed by atoms with Gasteiger partial charge in [0.1, 0.15) is 28.4 Å². The Bertz CT molecular complexity index is 1130. The number of aromatic amines is 1. The number of hydrogen-bond acceptors (Lipinski definition) is 5. The Labute approximate surface area is 158 Å². The SMILES string of the molecule is COc1ccc(NC(=O)CSc2ncnc3c2[nH]c2ccc(F)cc23)cc1. The van der Waals surface area contributed by atoms with Crippen molar-refractivity contribution in [3.8, 4) is 5.75 Å². The normalized spacial score (nSPS) is 11.0. The molecule has 0 radical (unpaired) electrons. The molecule has 0 aliphatic rings. The molecule has 0 aliphatic carbocycles. The van der Waals surface area contributed by atoms with E-state index >= 15 is 0 Å². The summed E-state index contributed by atoms with van der Waals surface area (Å²) in [6, 6.07) is 11.6. The van der Waals surface area contributed by atoms with Crippen LogP contribution < -0.4 is 10.1 Å². The number of rotatable bonds is 5. The summed E-state index contributed by atoms with van der Waals surface area (Å²) in [5, 5.41) is 4.16. The molecular weight excluding hydrogens is 367 g/mol. The maximum absolute atomic E-state index is 13.5. The number of nitrogens with zero attached hydrogens (tertiary/aromatic N) is 2. The second kappa shape index (κ2) is 7.24. The van der Waals surface area contributed by atoms with Crippen LogP contribution in [0.4, 0.5) is 10.1 Å². The molecule has 0 unspecified atom stereocenters. The van der Waals surface area contributed by atoms with Crippen molar-refractivity contribution < 1.29 is 13.9 Å². The second-order valence-electron chi connectivity index (χ2n) is 5.78. The number of halogens is 1. The molecule has 6 nitrogen and oxygen atoms in total. The predicted octanol–water partition coefficient (Wildman–Crippen LogP) is 3.99. The lowest BCUT2D eigenvalue weighted by molar-refractivity contribution is -0.113. The van der Waals surface area contributed by atoms with Crippen molar-refractivity contribution in [3.63, 3.8) is 0 Å². The van der Waals surface area contributed by atoms with Crippen LogP contribution in [0.2, 0.25) is 0 Å². The number of carbonyl (C=O) groups excluding carboxylic acids is 1. The maximum Gasteiger partial charge on any atom is 0.234 e. The third-order valence-electron chi connectivity index (χ3n) is 4.02. The molecule has 0 aliphatic heterocycles. The number of anilines is 1. The molecule has 4 rings (SSSR count). The molecule has 0 atom stereocenters. The first-order chi connectivity index (χ1) is 13.1. The number of ether oxygens (including phenoxy) is 1. The number of carbonyl (C=O) groups is 1. The van der Waals surface area contributed by atoms with Crippen molar-refractivity contribution in [1.29, 1.82) is 0 Å². The van der Waals surface area contributed by atoms with Crippen LogP contribution in [0.15, 0.2) is 53.8 Å². The van der Waals surface area contributed by atoms with E-state index in [2.05, 4.69) is 20.3 Å². The Kier molecular flexibility index (Phi) is 4.64. The minimum Gasteiger partial charge on any atom is -0.497 e. The maximum atomic E-state index is 13.5. The lowest BCUT2D eigenvalue weighted by Gasteiger charge is -2.06. The van der Waals surface area contributed by atoms with Crippen LogP contribution in [0, 0.1) is 5.82 Å². The number of H-pyrrole nitrogens is 1. The van der Waals surface area contributed by atoms with E-state index < -0.39 is 0 Å². The van der Waals surface area contributed by atoms with Crippen molar-refractivity contribution in [2.45, 2.75) is 5.03 Å². The summed E-state index contributed by atoms with van der Waals surface area (Å²) in [4.78, 5) is 23.9. The summed E-state index contributed by atoms with van der Waals surface area (Å²) in [6.07, 6.45) is 1.42. The summed E-state index contributed by atoms with van der Waals surface area (Å²) < 4.78 is 18.6. The second-order valence-corrected chi connectivity index (χ2v) is 6.75. The minimum atomic E-state index is -0.324. The molecular formula is C19H15FN4O2S. The van der Waals surface area contributed by atoms with Crippen LogP contribution in [0.1, 0.15) is 0 Å². The lowest BCUT2D eigenvalue weighted by Crippen LogP contribution is -2.14. The highest BCUT2D eigenvalue weighted by molar-refractivity contribution is 8.00. The molecule has 8 heteroatoms. The smallest absolute Gasteiger partial charge is 0.234 e. The monoisotopic (exact) mass is 382 g/mol. The standard InChI is InChI=1S/C19H15FN4O2S/c1-26-13-5-3-12(4-6-13)23-16(25)9-27-19-18-17(21-10-22-19)14-8-11(20)2-7-15(14)24-18/h2-8,10,24H,9H2,1H3,(H,23,25). The summed E-state index contributed by atoms with van der Waals surface area (Å²) in [5.41, 5.74) is 2.80.